The van der Waals surface area contributed by atoms with E-state index < -0.39 is 0 Å². The summed E-state index contributed by atoms with van der Waals surface area (Å²) in [6.07, 6.45) is 2.81. The van der Waals surface area contributed by atoms with Gasteiger partial charge in [0.1, 0.15) is 10.8 Å². The zero-order valence-electron chi connectivity index (χ0n) is 11.0. The number of aliphatic hydroxyl groups excluding tert-OH is 1. The molecule has 1 aliphatic heterocycles. The standard InChI is InChI=1S/C13H20N4OS/c14-13(19)11-2-3-12(15-10-11)17-5-1-4-16(6-7-17)8-9-18/h2-3,10,18H,1,4-9H2,(H2,14,19). The normalized spacial score (nSPS) is 17.2. The van der Waals surface area contributed by atoms with Gasteiger partial charge in [-0.1, -0.05) is 12.2 Å². The van der Waals surface area contributed by atoms with E-state index in [-0.39, 0.29) is 6.61 Å². The minimum atomic E-state index is 0.223. The molecule has 0 aliphatic carbocycles. The van der Waals surface area contributed by atoms with Crippen molar-refractivity contribution in [1.82, 2.24) is 9.88 Å². The van der Waals surface area contributed by atoms with Crippen molar-refractivity contribution >= 4 is 23.0 Å². The molecule has 0 aromatic carbocycles. The van der Waals surface area contributed by atoms with Crippen LogP contribution >= 0.6 is 12.2 Å². The van der Waals surface area contributed by atoms with Gasteiger partial charge in [-0.05, 0) is 25.1 Å². The van der Waals surface area contributed by atoms with Gasteiger partial charge in [0.2, 0.25) is 0 Å². The highest BCUT2D eigenvalue weighted by Crippen LogP contribution is 2.14. The smallest absolute Gasteiger partial charge is 0.128 e. The van der Waals surface area contributed by atoms with Crippen LogP contribution in [0.2, 0.25) is 0 Å². The lowest BCUT2D eigenvalue weighted by atomic mass is 10.2. The Bertz CT molecular complexity index is 423. The molecule has 0 unspecified atom stereocenters. The van der Waals surface area contributed by atoms with Gasteiger partial charge in [-0.3, -0.25) is 4.90 Å². The van der Waals surface area contributed by atoms with Gasteiger partial charge in [0.05, 0.1) is 6.61 Å². The second kappa shape index (κ2) is 6.79. The predicted molar refractivity (Wildman–Crippen MR) is 80.5 cm³/mol. The summed E-state index contributed by atoms with van der Waals surface area (Å²) in [6, 6.07) is 3.89. The van der Waals surface area contributed by atoms with Gasteiger partial charge in [-0.2, -0.15) is 0 Å². The highest BCUT2D eigenvalue weighted by Gasteiger charge is 2.15. The molecular formula is C13H20N4OS. The fourth-order valence-corrected chi connectivity index (χ4v) is 2.40. The van der Waals surface area contributed by atoms with Crippen LogP contribution in [0, 0.1) is 0 Å². The van der Waals surface area contributed by atoms with Crippen molar-refractivity contribution in [2.75, 3.05) is 44.2 Å². The number of aliphatic hydroxyl groups is 1. The largest absolute Gasteiger partial charge is 0.395 e. The average Bonchev–Trinajstić information content (AvgIpc) is 2.65. The Morgan fingerprint density at radius 1 is 1.32 bits per heavy atom. The third-order valence-electron chi connectivity index (χ3n) is 3.36. The summed E-state index contributed by atoms with van der Waals surface area (Å²) in [6.45, 7) is 4.88. The Hall–Kier alpha value is -1.24. The summed E-state index contributed by atoms with van der Waals surface area (Å²) in [5.41, 5.74) is 6.37. The summed E-state index contributed by atoms with van der Waals surface area (Å²) in [4.78, 5) is 9.35. The molecular weight excluding hydrogens is 260 g/mol. The van der Waals surface area contributed by atoms with Crippen LogP contribution in [-0.4, -0.2) is 59.3 Å². The number of hydrogen-bond donors (Lipinski definition) is 2. The van der Waals surface area contributed by atoms with E-state index in [0.29, 0.717) is 4.99 Å². The fourth-order valence-electron chi connectivity index (χ4n) is 2.28. The van der Waals surface area contributed by atoms with E-state index in [1.807, 2.05) is 12.1 Å². The number of β-amino-alcohol motifs (C(OH)–C–C–N with tert-alkyl or cyclic N) is 1. The van der Waals surface area contributed by atoms with Crippen LogP contribution in [0.5, 0.6) is 0 Å². The number of hydrogen-bond acceptors (Lipinski definition) is 5. The van der Waals surface area contributed by atoms with Crippen LogP contribution in [0.1, 0.15) is 12.0 Å². The van der Waals surface area contributed by atoms with Crippen LogP contribution in [0.4, 0.5) is 5.82 Å². The number of rotatable bonds is 4. The minimum Gasteiger partial charge on any atom is -0.395 e. The van der Waals surface area contributed by atoms with E-state index in [9.17, 15) is 0 Å². The molecule has 0 spiro atoms. The highest BCUT2D eigenvalue weighted by molar-refractivity contribution is 7.80. The van der Waals surface area contributed by atoms with Crippen molar-refractivity contribution in [2.24, 2.45) is 5.73 Å². The SMILES string of the molecule is NC(=S)c1ccc(N2CCCN(CCO)CC2)nc1. The molecule has 0 radical (unpaired) electrons. The topological polar surface area (TPSA) is 65.6 Å². The lowest BCUT2D eigenvalue weighted by molar-refractivity contribution is 0.204. The van der Waals surface area contributed by atoms with Crippen LogP contribution in [-0.2, 0) is 0 Å². The zero-order chi connectivity index (χ0) is 13.7. The van der Waals surface area contributed by atoms with Crippen LogP contribution in [0.15, 0.2) is 18.3 Å². The molecule has 2 rings (SSSR count). The lowest BCUT2D eigenvalue weighted by Gasteiger charge is -2.22. The molecule has 0 amide bonds. The highest BCUT2D eigenvalue weighted by atomic mass is 32.1. The molecule has 3 N–H and O–H groups in total. The van der Waals surface area contributed by atoms with Crippen LogP contribution in [0.25, 0.3) is 0 Å². The fraction of sp³-hybridized carbons (Fsp3) is 0.538. The molecule has 1 aliphatic rings. The van der Waals surface area contributed by atoms with Gasteiger partial charge in [0.15, 0.2) is 0 Å². The number of nitrogens with two attached hydrogens (primary N) is 1. The van der Waals surface area contributed by atoms with E-state index in [4.69, 9.17) is 23.1 Å². The third-order valence-corrected chi connectivity index (χ3v) is 3.60. The quantitative estimate of drug-likeness (QED) is 0.769. The van der Waals surface area contributed by atoms with E-state index in [1.54, 1.807) is 6.20 Å². The predicted octanol–water partition coefficient (Wildman–Crippen LogP) is 0.220. The molecule has 1 aromatic heterocycles. The van der Waals surface area contributed by atoms with Crippen molar-refractivity contribution in [3.63, 3.8) is 0 Å². The molecule has 19 heavy (non-hydrogen) atoms. The van der Waals surface area contributed by atoms with Crippen LogP contribution in [0.3, 0.4) is 0 Å². The molecule has 104 valence electrons. The van der Waals surface area contributed by atoms with Crippen molar-refractivity contribution in [1.29, 1.82) is 0 Å². The Morgan fingerprint density at radius 2 is 2.16 bits per heavy atom. The second-order valence-electron chi connectivity index (χ2n) is 4.68. The Labute approximate surface area is 119 Å². The second-order valence-corrected chi connectivity index (χ2v) is 5.11. The maximum absolute atomic E-state index is 8.98. The molecule has 0 saturated carbocycles. The molecule has 1 fully saturated rings. The number of nitrogens with zero attached hydrogens (tertiary/aromatic N) is 3. The number of pyridine rings is 1. The number of anilines is 1. The average molecular weight is 280 g/mol. The first kappa shape index (κ1) is 14.2. The first-order valence-corrected chi connectivity index (χ1v) is 6.95. The molecule has 0 bridgehead atoms. The molecule has 1 aromatic rings. The van der Waals surface area contributed by atoms with Crippen molar-refractivity contribution in [3.05, 3.63) is 23.9 Å². The zero-order valence-corrected chi connectivity index (χ0v) is 11.8. The van der Waals surface area contributed by atoms with Crippen LogP contribution < -0.4 is 10.6 Å². The summed E-state index contributed by atoms with van der Waals surface area (Å²) < 4.78 is 0. The van der Waals surface area contributed by atoms with E-state index >= 15 is 0 Å². The van der Waals surface area contributed by atoms with Gasteiger partial charge in [-0.15, -0.1) is 0 Å². The van der Waals surface area contributed by atoms with Gasteiger partial charge in [0.25, 0.3) is 0 Å². The Morgan fingerprint density at radius 3 is 2.79 bits per heavy atom. The maximum atomic E-state index is 8.98. The van der Waals surface area contributed by atoms with E-state index in [1.165, 1.54) is 0 Å². The third kappa shape index (κ3) is 3.86. The van der Waals surface area contributed by atoms with Gasteiger partial charge in [0, 0.05) is 37.9 Å². The van der Waals surface area contributed by atoms with E-state index in [0.717, 1.165) is 50.5 Å². The molecule has 5 nitrogen and oxygen atoms in total. The first-order valence-electron chi connectivity index (χ1n) is 6.54. The van der Waals surface area contributed by atoms with Crippen molar-refractivity contribution in [2.45, 2.75) is 6.42 Å². The maximum Gasteiger partial charge on any atom is 0.128 e. The minimum absolute atomic E-state index is 0.223. The van der Waals surface area contributed by atoms with Crippen molar-refractivity contribution < 1.29 is 5.11 Å². The number of aromatic nitrogens is 1. The number of thiocarbonyl (C=S) groups is 1. The van der Waals surface area contributed by atoms with Gasteiger partial charge < -0.3 is 15.7 Å². The van der Waals surface area contributed by atoms with Gasteiger partial charge in [-0.25, -0.2) is 4.98 Å². The monoisotopic (exact) mass is 280 g/mol. The Kier molecular flexibility index (Phi) is 5.07. The summed E-state index contributed by atoms with van der Waals surface area (Å²) in [5, 5.41) is 8.98. The molecule has 2 heterocycles. The summed E-state index contributed by atoms with van der Waals surface area (Å²) >= 11 is 4.92. The molecule has 6 heteroatoms. The lowest BCUT2D eigenvalue weighted by Crippen LogP contribution is -2.32. The molecule has 1 saturated heterocycles. The Balaban J connectivity index is 1.99. The first-order chi connectivity index (χ1) is 9.20. The van der Waals surface area contributed by atoms with Crippen molar-refractivity contribution in [3.8, 4) is 0 Å². The summed E-state index contributed by atoms with van der Waals surface area (Å²) in [7, 11) is 0. The summed E-state index contributed by atoms with van der Waals surface area (Å²) in [5.74, 6) is 0.964. The van der Waals surface area contributed by atoms with E-state index in [2.05, 4.69) is 14.8 Å². The van der Waals surface area contributed by atoms with Gasteiger partial charge >= 0.3 is 0 Å². The molecule has 0 atom stereocenters.